The van der Waals surface area contributed by atoms with Gasteiger partial charge in [0, 0.05) is 36.6 Å². The molecule has 0 spiro atoms. The molecule has 3 heterocycles. The first-order valence-corrected chi connectivity index (χ1v) is 16.2. The zero-order valence-corrected chi connectivity index (χ0v) is 24.7. The average Bonchev–Trinajstić information content (AvgIpc) is 3.56. The smallest absolute Gasteiger partial charge is 0.261 e. The molecule has 1 aromatic heterocycles. The molecule has 2 aliphatic heterocycles. The van der Waals surface area contributed by atoms with Gasteiger partial charge >= 0.3 is 0 Å². The second-order valence-corrected chi connectivity index (χ2v) is 16.3. The largest absolute Gasteiger partial charge is 0.401 e. The van der Waals surface area contributed by atoms with Gasteiger partial charge in [0.2, 0.25) is 0 Å². The number of rotatable bonds is 6. The van der Waals surface area contributed by atoms with Gasteiger partial charge in [-0.15, -0.1) is 0 Å². The van der Waals surface area contributed by atoms with Crippen LogP contribution in [0, 0.1) is 0 Å². The fourth-order valence-electron chi connectivity index (χ4n) is 6.25. The van der Waals surface area contributed by atoms with Crippen LogP contribution < -0.4 is 20.7 Å². The third-order valence-electron chi connectivity index (χ3n) is 8.14. The minimum Gasteiger partial charge on any atom is -0.401 e. The molecular weight excluding hydrogens is 524 g/mol. The topological polar surface area (TPSA) is 51.6 Å². The molecule has 0 radical (unpaired) electrons. The summed E-state index contributed by atoms with van der Waals surface area (Å²) >= 11 is 6.54. The molecule has 2 unspecified atom stereocenters. The maximum atomic E-state index is 7.54. The summed E-state index contributed by atoms with van der Waals surface area (Å²) in [6.45, 7) is 11.8. The van der Waals surface area contributed by atoms with Crippen LogP contribution >= 0.6 is 11.6 Å². The van der Waals surface area contributed by atoms with Crippen molar-refractivity contribution in [2.75, 3.05) is 44.4 Å². The first kappa shape index (κ1) is 26.5. The van der Waals surface area contributed by atoms with Crippen molar-refractivity contribution in [2.24, 2.45) is 0 Å². The Morgan fingerprint density at radius 2 is 1.56 bits per heavy atom. The minimum atomic E-state index is -2.75. The fraction of sp³-hybridized carbons (Fsp3) is 0.387. The van der Waals surface area contributed by atoms with E-state index in [1.165, 1.54) is 10.4 Å². The van der Waals surface area contributed by atoms with E-state index in [4.69, 9.17) is 25.9 Å². The Morgan fingerprint density at radius 1 is 0.923 bits per heavy atom. The molecule has 2 saturated heterocycles. The zero-order chi connectivity index (χ0) is 27.0. The minimum absolute atomic E-state index is 0.00298. The maximum absolute atomic E-state index is 7.54. The van der Waals surface area contributed by atoms with Gasteiger partial charge in [-0.05, 0) is 33.6 Å². The summed E-state index contributed by atoms with van der Waals surface area (Å²) in [7, 11) is -2.75. The number of benzene rings is 3. The molecule has 0 aliphatic carbocycles. The summed E-state index contributed by atoms with van der Waals surface area (Å²) in [5.74, 6) is -0.00298. The van der Waals surface area contributed by atoms with Crippen molar-refractivity contribution < 1.29 is 9.16 Å². The number of piperazine rings is 1. The second kappa shape index (κ2) is 10.7. The predicted molar refractivity (Wildman–Crippen MR) is 162 cm³/mol. The molecule has 0 bridgehead atoms. The van der Waals surface area contributed by atoms with Gasteiger partial charge in [0.25, 0.3) is 8.32 Å². The highest BCUT2D eigenvalue weighted by atomic mass is 35.5. The van der Waals surface area contributed by atoms with Gasteiger partial charge in [0.1, 0.15) is 0 Å². The van der Waals surface area contributed by atoms with Crippen molar-refractivity contribution in [1.29, 1.82) is 0 Å². The SMILES string of the molecule is CC(C)(C)[Si](OC1COCC1c1nn(N2CCNCC2)c2ccc(Cl)cc12)(c1ccccc1)c1ccccc1. The first-order valence-electron chi connectivity index (χ1n) is 13.9. The van der Waals surface area contributed by atoms with Gasteiger partial charge < -0.3 is 14.5 Å². The lowest BCUT2D eigenvalue weighted by Gasteiger charge is -2.45. The molecule has 2 fully saturated rings. The van der Waals surface area contributed by atoms with E-state index in [9.17, 15) is 0 Å². The number of nitrogens with one attached hydrogen (secondary N) is 1. The average molecular weight is 561 g/mol. The van der Waals surface area contributed by atoms with E-state index in [0.29, 0.717) is 18.2 Å². The molecule has 0 amide bonds. The number of nitrogens with zero attached hydrogens (tertiary/aromatic N) is 3. The quantitative estimate of drug-likeness (QED) is 0.357. The monoisotopic (exact) mass is 560 g/mol. The van der Waals surface area contributed by atoms with Gasteiger partial charge in [-0.3, -0.25) is 5.01 Å². The van der Waals surface area contributed by atoms with Crippen molar-refractivity contribution >= 4 is 41.2 Å². The number of hydrogen-bond donors (Lipinski definition) is 1. The number of ether oxygens (including phenoxy) is 1. The number of hydrogen-bond acceptors (Lipinski definition) is 5. The highest BCUT2D eigenvalue weighted by Crippen LogP contribution is 2.41. The van der Waals surface area contributed by atoms with Crippen molar-refractivity contribution in [1.82, 2.24) is 15.2 Å². The molecule has 204 valence electrons. The van der Waals surface area contributed by atoms with E-state index in [2.05, 4.69) is 109 Å². The zero-order valence-electron chi connectivity index (χ0n) is 22.9. The lowest BCUT2D eigenvalue weighted by Crippen LogP contribution is -2.68. The first-order chi connectivity index (χ1) is 18.9. The van der Waals surface area contributed by atoms with Crippen LogP contribution in [0.2, 0.25) is 10.1 Å². The molecule has 4 aromatic rings. The van der Waals surface area contributed by atoms with Gasteiger partial charge in [-0.25, -0.2) is 0 Å². The Kier molecular flexibility index (Phi) is 7.29. The van der Waals surface area contributed by atoms with Crippen LogP contribution in [0.5, 0.6) is 0 Å². The van der Waals surface area contributed by atoms with Crippen molar-refractivity contribution in [3.63, 3.8) is 0 Å². The van der Waals surface area contributed by atoms with Gasteiger partial charge in [-0.2, -0.15) is 9.89 Å². The molecule has 6 nitrogen and oxygen atoms in total. The van der Waals surface area contributed by atoms with E-state index >= 15 is 0 Å². The molecule has 3 aromatic carbocycles. The van der Waals surface area contributed by atoms with Crippen LogP contribution in [-0.2, 0) is 9.16 Å². The van der Waals surface area contributed by atoms with E-state index < -0.39 is 8.32 Å². The Balaban J connectivity index is 1.46. The van der Waals surface area contributed by atoms with Gasteiger partial charge in [0.15, 0.2) is 0 Å². The normalized spacial score (nSPS) is 20.6. The fourth-order valence-corrected chi connectivity index (χ4v) is 11.1. The summed E-state index contributed by atoms with van der Waals surface area (Å²) in [6, 6.07) is 27.7. The summed E-state index contributed by atoms with van der Waals surface area (Å²) in [6.07, 6.45) is -0.134. The molecule has 2 atom stereocenters. The molecule has 39 heavy (non-hydrogen) atoms. The molecule has 8 heteroatoms. The van der Waals surface area contributed by atoms with Crippen LogP contribution in [0.4, 0.5) is 0 Å². The highest BCUT2D eigenvalue weighted by Gasteiger charge is 2.53. The Bertz CT molecular complexity index is 1380. The van der Waals surface area contributed by atoms with Crippen LogP contribution in [0.15, 0.2) is 78.9 Å². The van der Waals surface area contributed by atoms with Crippen LogP contribution in [0.1, 0.15) is 32.4 Å². The lowest BCUT2D eigenvalue weighted by atomic mass is 9.99. The van der Waals surface area contributed by atoms with E-state index in [1.807, 2.05) is 6.07 Å². The maximum Gasteiger partial charge on any atom is 0.261 e. The van der Waals surface area contributed by atoms with Crippen LogP contribution in [0.25, 0.3) is 10.9 Å². The van der Waals surface area contributed by atoms with Crippen molar-refractivity contribution in [2.45, 2.75) is 37.8 Å². The van der Waals surface area contributed by atoms with Crippen LogP contribution in [-0.4, -0.2) is 63.7 Å². The van der Waals surface area contributed by atoms with Crippen LogP contribution in [0.3, 0.4) is 0 Å². The Morgan fingerprint density at radius 3 is 2.18 bits per heavy atom. The Hall–Kier alpha value is -2.68. The molecule has 2 aliphatic rings. The summed E-state index contributed by atoms with van der Waals surface area (Å²) in [5.41, 5.74) is 2.08. The molecule has 0 saturated carbocycles. The molecule has 6 rings (SSSR count). The highest BCUT2D eigenvalue weighted by molar-refractivity contribution is 6.99. The van der Waals surface area contributed by atoms with Crippen molar-refractivity contribution in [3.8, 4) is 0 Å². The molecule has 1 N–H and O–H groups in total. The van der Waals surface area contributed by atoms with E-state index in [1.54, 1.807) is 0 Å². The third-order valence-corrected chi connectivity index (χ3v) is 13.4. The number of aromatic nitrogens is 2. The third kappa shape index (κ3) is 4.81. The second-order valence-electron chi connectivity index (χ2n) is 11.6. The van der Waals surface area contributed by atoms with E-state index in [-0.39, 0.29) is 17.1 Å². The van der Waals surface area contributed by atoms with Gasteiger partial charge in [-0.1, -0.05) is 93.0 Å². The van der Waals surface area contributed by atoms with E-state index in [0.717, 1.165) is 42.8 Å². The van der Waals surface area contributed by atoms with Gasteiger partial charge in [0.05, 0.1) is 36.4 Å². The summed E-state index contributed by atoms with van der Waals surface area (Å²) in [5, 5.41) is 15.2. The number of fused-ring (bicyclic) bond motifs is 1. The standard InChI is InChI=1S/C31H37ClN4O2Si/c1-31(2,3)39(24-10-6-4-7-11-24,25-12-8-5-9-13-25)38-29-22-37-21-27(29)30-26-20-23(32)14-15-28(26)36(34-30)35-18-16-33-17-19-35/h4-15,20,27,29,33H,16-19,21-22H2,1-3H3. The molecular formula is C31H37ClN4O2Si. The summed E-state index contributed by atoms with van der Waals surface area (Å²) in [4.78, 5) is 2.08. The predicted octanol–water partition coefficient (Wildman–Crippen LogP) is 4.29. The number of halogens is 1. The summed E-state index contributed by atoms with van der Waals surface area (Å²) < 4.78 is 13.7. The Labute approximate surface area is 237 Å². The van der Waals surface area contributed by atoms with Crippen molar-refractivity contribution in [3.05, 3.63) is 89.6 Å². The lowest BCUT2D eigenvalue weighted by molar-refractivity contribution is 0.133.